The van der Waals surface area contributed by atoms with Crippen molar-refractivity contribution < 1.29 is 5.11 Å². The van der Waals surface area contributed by atoms with Crippen LogP contribution in [0.2, 0.25) is 0 Å². The van der Waals surface area contributed by atoms with Crippen LogP contribution in [0, 0.1) is 0 Å². The molecule has 0 radical (unpaired) electrons. The van der Waals surface area contributed by atoms with Gasteiger partial charge in [-0.3, -0.25) is 4.90 Å². The minimum absolute atomic E-state index is 0.0627. The number of hydrogen-bond donors (Lipinski definition) is 1. The highest BCUT2D eigenvalue weighted by atomic mass is 79.9. The predicted octanol–water partition coefficient (Wildman–Crippen LogP) is 3.18. The Bertz CT molecular complexity index is 344. The van der Waals surface area contributed by atoms with Crippen molar-refractivity contribution in [1.82, 2.24) is 4.90 Å². The van der Waals surface area contributed by atoms with E-state index in [1.165, 1.54) is 5.56 Å². The molecule has 1 aliphatic carbocycles. The first-order valence-electron chi connectivity index (χ1n) is 6.28. The van der Waals surface area contributed by atoms with Crippen molar-refractivity contribution in [3.8, 4) is 0 Å². The number of nitrogens with zero attached hydrogens (tertiary/aromatic N) is 1. The van der Waals surface area contributed by atoms with Crippen molar-refractivity contribution in [3.63, 3.8) is 0 Å². The SMILES string of the molecule is CN(Cc1ccc(Br)cc1)C1CCC(O)CC1. The summed E-state index contributed by atoms with van der Waals surface area (Å²) in [6.45, 7) is 0.994. The Balaban J connectivity index is 1.88. The topological polar surface area (TPSA) is 23.5 Å². The van der Waals surface area contributed by atoms with Gasteiger partial charge in [0, 0.05) is 17.1 Å². The van der Waals surface area contributed by atoms with E-state index in [1.807, 2.05) is 0 Å². The molecule has 0 heterocycles. The predicted molar refractivity (Wildman–Crippen MR) is 73.9 cm³/mol. The third-order valence-electron chi connectivity index (χ3n) is 3.63. The average Bonchev–Trinajstić information content (AvgIpc) is 2.33. The molecule has 1 fully saturated rings. The molecule has 2 nitrogen and oxygen atoms in total. The third-order valence-corrected chi connectivity index (χ3v) is 4.16. The van der Waals surface area contributed by atoms with Crippen LogP contribution in [0.3, 0.4) is 0 Å². The molecule has 1 N–H and O–H groups in total. The fraction of sp³-hybridized carbons (Fsp3) is 0.571. The van der Waals surface area contributed by atoms with E-state index in [9.17, 15) is 5.11 Å². The molecule has 1 aromatic rings. The fourth-order valence-electron chi connectivity index (χ4n) is 2.51. The van der Waals surface area contributed by atoms with Gasteiger partial charge in [-0.25, -0.2) is 0 Å². The van der Waals surface area contributed by atoms with Crippen molar-refractivity contribution in [2.75, 3.05) is 7.05 Å². The maximum atomic E-state index is 9.51. The van der Waals surface area contributed by atoms with E-state index in [2.05, 4.69) is 52.1 Å². The van der Waals surface area contributed by atoms with Crippen LogP contribution in [-0.4, -0.2) is 29.2 Å². The highest BCUT2D eigenvalue weighted by Crippen LogP contribution is 2.23. The molecule has 0 unspecified atom stereocenters. The molecule has 0 amide bonds. The smallest absolute Gasteiger partial charge is 0.0541 e. The van der Waals surface area contributed by atoms with E-state index in [0.29, 0.717) is 6.04 Å². The van der Waals surface area contributed by atoms with Crippen molar-refractivity contribution >= 4 is 15.9 Å². The summed E-state index contributed by atoms with van der Waals surface area (Å²) in [5, 5.41) is 9.51. The lowest BCUT2D eigenvalue weighted by Gasteiger charge is -2.33. The van der Waals surface area contributed by atoms with Gasteiger partial charge in [0.1, 0.15) is 0 Å². The molecular weight excluding hydrogens is 278 g/mol. The lowest BCUT2D eigenvalue weighted by molar-refractivity contribution is 0.0818. The zero-order chi connectivity index (χ0) is 12.3. The van der Waals surface area contributed by atoms with E-state index >= 15 is 0 Å². The quantitative estimate of drug-likeness (QED) is 0.926. The van der Waals surface area contributed by atoms with Crippen LogP contribution in [0.15, 0.2) is 28.7 Å². The number of benzene rings is 1. The summed E-state index contributed by atoms with van der Waals surface area (Å²) in [4.78, 5) is 2.41. The molecule has 17 heavy (non-hydrogen) atoms. The Hall–Kier alpha value is -0.380. The number of halogens is 1. The molecule has 1 aliphatic rings. The van der Waals surface area contributed by atoms with E-state index < -0.39 is 0 Å². The number of aliphatic hydroxyl groups excluding tert-OH is 1. The van der Waals surface area contributed by atoms with Crippen molar-refractivity contribution in [2.24, 2.45) is 0 Å². The van der Waals surface area contributed by atoms with Gasteiger partial charge >= 0.3 is 0 Å². The Morgan fingerprint density at radius 2 is 1.76 bits per heavy atom. The van der Waals surface area contributed by atoms with Crippen molar-refractivity contribution in [1.29, 1.82) is 0 Å². The first-order valence-corrected chi connectivity index (χ1v) is 7.07. The highest BCUT2D eigenvalue weighted by molar-refractivity contribution is 9.10. The van der Waals surface area contributed by atoms with Crippen LogP contribution >= 0.6 is 15.9 Å². The lowest BCUT2D eigenvalue weighted by Crippen LogP contribution is -2.35. The molecule has 1 saturated carbocycles. The first-order chi connectivity index (χ1) is 8.15. The molecule has 94 valence electrons. The van der Waals surface area contributed by atoms with Crippen LogP contribution < -0.4 is 0 Å². The van der Waals surface area contributed by atoms with Gasteiger partial charge in [-0.2, -0.15) is 0 Å². The standard InChI is InChI=1S/C14H20BrNO/c1-16(13-6-8-14(17)9-7-13)10-11-2-4-12(15)5-3-11/h2-5,13-14,17H,6-10H2,1H3. The Kier molecular flexibility index (Phi) is 4.60. The Morgan fingerprint density at radius 1 is 1.18 bits per heavy atom. The van der Waals surface area contributed by atoms with Crippen LogP contribution in [0.5, 0.6) is 0 Å². The second kappa shape index (κ2) is 5.98. The summed E-state index contributed by atoms with van der Waals surface area (Å²) in [6, 6.07) is 9.14. The highest BCUT2D eigenvalue weighted by Gasteiger charge is 2.22. The average molecular weight is 298 g/mol. The van der Waals surface area contributed by atoms with E-state index in [-0.39, 0.29) is 6.10 Å². The molecule has 0 atom stereocenters. The lowest BCUT2D eigenvalue weighted by atomic mass is 9.92. The molecule has 3 heteroatoms. The molecular formula is C14H20BrNO. The van der Waals surface area contributed by atoms with Crippen LogP contribution in [0.25, 0.3) is 0 Å². The van der Waals surface area contributed by atoms with Gasteiger partial charge < -0.3 is 5.11 Å². The van der Waals surface area contributed by atoms with Gasteiger partial charge in [-0.1, -0.05) is 28.1 Å². The monoisotopic (exact) mass is 297 g/mol. The van der Waals surface area contributed by atoms with E-state index in [4.69, 9.17) is 0 Å². The maximum Gasteiger partial charge on any atom is 0.0541 e. The fourth-order valence-corrected chi connectivity index (χ4v) is 2.77. The number of hydrogen-bond acceptors (Lipinski definition) is 2. The summed E-state index contributed by atoms with van der Waals surface area (Å²) in [5.41, 5.74) is 1.35. The molecule has 2 rings (SSSR count). The molecule has 1 aromatic carbocycles. The summed E-state index contributed by atoms with van der Waals surface area (Å²) in [7, 11) is 2.18. The minimum Gasteiger partial charge on any atom is -0.393 e. The summed E-state index contributed by atoms with van der Waals surface area (Å²) >= 11 is 3.45. The van der Waals surface area contributed by atoms with Gasteiger partial charge in [0.2, 0.25) is 0 Å². The van der Waals surface area contributed by atoms with E-state index in [1.54, 1.807) is 0 Å². The molecule has 0 saturated heterocycles. The van der Waals surface area contributed by atoms with Crippen LogP contribution in [0.4, 0.5) is 0 Å². The van der Waals surface area contributed by atoms with Gasteiger partial charge in [-0.15, -0.1) is 0 Å². The van der Waals surface area contributed by atoms with Gasteiger partial charge in [0.25, 0.3) is 0 Å². The Morgan fingerprint density at radius 3 is 2.35 bits per heavy atom. The molecule has 0 bridgehead atoms. The zero-order valence-electron chi connectivity index (χ0n) is 10.3. The van der Waals surface area contributed by atoms with Gasteiger partial charge in [0.15, 0.2) is 0 Å². The van der Waals surface area contributed by atoms with Crippen LogP contribution in [0.1, 0.15) is 31.2 Å². The largest absolute Gasteiger partial charge is 0.393 e. The normalized spacial score (nSPS) is 25.2. The summed E-state index contributed by atoms with van der Waals surface area (Å²) in [6.07, 6.45) is 4.08. The Labute approximate surface area is 112 Å². The van der Waals surface area contributed by atoms with Crippen molar-refractivity contribution in [2.45, 2.75) is 44.4 Å². The van der Waals surface area contributed by atoms with Crippen LogP contribution in [-0.2, 0) is 6.54 Å². The van der Waals surface area contributed by atoms with Crippen molar-refractivity contribution in [3.05, 3.63) is 34.3 Å². The zero-order valence-corrected chi connectivity index (χ0v) is 11.9. The number of aliphatic hydroxyl groups is 1. The maximum absolute atomic E-state index is 9.51. The third kappa shape index (κ3) is 3.80. The number of rotatable bonds is 3. The summed E-state index contributed by atoms with van der Waals surface area (Å²) < 4.78 is 1.13. The molecule has 0 spiro atoms. The first kappa shape index (κ1) is 13.1. The molecule has 0 aromatic heterocycles. The van der Waals surface area contributed by atoms with E-state index in [0.717, 1.165) is 36.7 Å². The second-order valence-electron chi connectivity index (χ2n) is 5.00. The van der Waals surface area contributed by atoms with Gasteiger partial charge in [0.05, 0.1) is 6.10 Å². The summed E-state index contributed by atoms with van der Waals surface area (Å²) in [5.74, 6) is 0. The molecule has 0 aliphatic heterocycles. The van der Waals surface area contributed by atoms with Gasteiger partial charge in [-0.05, 0) is 50.4 Å². The second-order valence-corrected chi connectivity index (χ2v) is 5.92. The minimum atomic E-state index is -0.0627.